The van der Waals surface area contributed by atoms with Gasteiger partial charge in [0.1, 0.15) is 6.04 Å². The van der Waals surface area contributed by atoms with Crippen molar-refractivity contribution in [1.82, 2.24) is 4.98 Å². The van der Waals surface area contributed by atoms with Crippen LogP contribution in [0.2, 0.25) is 0 Å². The average Bonchev–Trinajstić information content (AvgIpc) is 2.78. The summed E-state index contributed by atoms with van der Waals surface area (Å²) in [5.41, 5.74) is 5.48. The number of hydrogen-bond donors (Lipinski definition) is 2. The first kappa shape index (κ1) is 12.3. The monoisotopic (exact) mass is 257 g/mol. The van der Waals surface area contributed by atoms with Gasteiger partial charge < -0.3 is 20.5 Å². The molecule has 1 aromatic rings. The highest BCUT2D eigenvalue weighted by Gasteiger charge is 2.17. The summed E-state index contributed by atoms with van der Waals surface area (Å²) in [4.78, 5) is 18.0. The van der Waals surface area contributed by atoms with Gasteiger partial charge in [-0.2, -0.15) is 0 Å². The number of hydrogen-bond acceptors (Lipinski definition) is 6. The number of aliphatic carboxylic acids is 1. The van der Waals surface area contributed by atoms with Gasteiger partial charge in [-0.25, -0.2) is 4.98 Å². The van der Waals surface area contributed by atoms with E-state index in [1.807, 2.05) is 0 Å². The van der Waals surface area contributed by atoms with Crippen LogP contribution in [0.5, 0.6) is 0 Å². The number of morpholine rings is 1. The van der Waals surface area contributed by atoms with Crippen molar-refractivity contribution in [2.24, 2.45) is 5.73 Å². The zero-order valence-corrected chi connectivity index (χ0v) is 10.2. The number of anilines is 1. The highest BCUT2D eigenvalue weighted by molar-refractivity contribution is 7.15. The van der Waals surface area contributed by atoms with E-state index in [0.29, 0.717) is 19.6 Å². The fraction of sp³-hybridized carbons (Fsp3) is 0.600. The number of carboxylic acid groups (broad SMARTS) is 1. The quantitative estimate of drug-likeness (QED) is 0.785. The molecule has 94 valence electrons. The molecule has 1 unspecified atom stereocenters. The van der Waals surface area contributed by atoms with Gasteiger partial charge in [0, 0.05) is 30.6 Å². The lowest BCUT2D eigenvalue weighted by Crippen LogP contribution is -2.36. The van der Waals surface area contributed by atoms with Crippen LogP contribution in [0.4, 0.5) is 5.13 Å². The van der Waals surface area contributed by atoms with E-state index in [9.17, 15) is 4.79 Å². The van der Waals surface area contributed by atoms with Crippen LogP contribution in [0.1, 0.15) is 4.88 Å². The zero-order valence-electron chi connectivity index (χ0n) is 9.33. The number of thiazole rings is 1. The minimum Gasteiger partial charge on any atom is -0.480 e. The summed E-state index contributed by atoms with van der Waals surface area (Å²) < 4.78 is 5.26. The molecule has 1 fully saturated rings. The predicted molar refractivity (Wildman–Crippen MR) is 64.5 cm³/mol. The van der Waals surface area contributed by atoms with E-state index < -0.39 is 12.0 Å². The minimum absolute atomic E-state index is 0.331. The van der Waals surface area contributed by atoms with Crippen LogP contribution < -0.4 is 10.6 Å². The molecule has 0 saturated carbocycles. The molecule has 1 aliphatic heterocycles. The normalized spacial score (nSPS) is 18.1. The van der Waals surface area contributed by atoms with Crippen molar-refractivity contribution in [3.63, 3.8) is 0 Å². The lowest BCUT2D eigenvalue weighted by Gasteiger charge is -2.25. The third kappa shape index (κ3) is 3.15. The van der Waals surface area contributed by atoms with E-state index in [2.05, 4.69) is 9.88 Å². The Bertz CT molecular complexity index is 390. The van der Waals surface area contributed by atoms with Crippen molar-refractivity contribution in [1.29, 1.82) is 0 Å². The maximum atomic E-state index is 10.6. The maximum absolute atomic E-state index is 10.6. The van der Waals surface area contributed by atoms with Gasteiger partial charge in [0.25, 0.3) is 0 Å². The summed E-state index contributed by atoms with van der Waals surface area (Å²) in [6.45, 7) is 3.09. The van der Waals surface area contributed by atoms with Crippen molar-refractivity contribution < 1.29 is 14.6 Å². The first-order valence-electron chi connectivity index (χ1n) is 5.42. The van der Waals surface area contributed by atoms with Crippen LogP contribution in [0.15, 0.2) is 6.20 Å². The summed E-state index contributed by atoms with van der Waals surface area (Å²) in [6.07, 6.45) is 2.04. The SMILES string of the molecule is NC(Cc1cnc(N2CCOCC2)s1)C(=O)O. The number of nitrogens with two attached hydrogens (primary N) is 1. The summed E-state index contributed by atoms with van der Waals surface area (Å²) in [7, 11) is 0. The summed E-state index contributed by atoms with van der Waals surface area (Å²) in [6, 6.07) is -0.854. The molecule has 2 rings (SSSR count). The van der Waals surface area contributed by atoms with Gasteiger partial charge in [0.15, 0.2) is 5.13 Å². The van der Waals surface area contributed by atoms with Gasteiger partial charge in [-0.1, -0.05) is 0 Å². The molecule has 1 atom stereocenters. The Morgan fingerprint density at radius 3 is 3.00 bits per heavy atom. The Kier molecular flexibility index (Phi) is 3.93. The van der Waals surface area contributed by atoms with Crippen LogP contribution in [-0.2, 0) is 16.0 Å². The van der Waals surface area contributed by atoms with E-state index in [1.54, 1.807) is 6.20 Å². The van der Waals surface area contributed by atoms with Gasteiger partial charge >= 0.3 is 5.97 Å². The third-order valence-corrected chi connectivity index (χ3v) is 3.64. The molecular weight excluding hydrogens is 242 g/mol. The van der Waals surface area contributed by atoms with Crippen molar-refractivity contribution in [2.45, 2.75) is 12.5 Å². The molecule has 1 aromatic heterocycles. The Labute approximate surface area is 103 Å². The smallest absolute Gasteiger partial charge is 0.320 e. The molecule has 0 amide bonds. The van der Waals surface area contributed by atoms with Gasteiger partial charge in [-0.3, -0.25) is 4.79 Å². The van der Waals surface area contributed by atoms with E-state index in [4.69, 9.17) is 15.6 Å². The first-order valence-corrected chi connectivity index (χ1v) is 6.24. The van der Waals surface area contributed by atoms with Crippen LogP contribution in [-0.4, -0.2) is 48.4 Å². The van der Waals surface area contributed by atoms with E-state index >= 15 is 0 Å². The highest BCUT2D eigenvalue weighted by Crippen LogP contribution is 2.24. The number of rotatable bonds is 4. The molecule has 1 aliphatic rings. The molecule has 2 heterocycles. The minimum atomic E-state index is -0.980. The van der Waals surface area contributed by atoms with E-state index in [-0.39, 0.29) is 0 Å². The number of carboxylic acids is 1. The third-order valence-electron chi connectivity index (χ3n) is 2.56. The lowest BCUT2D eigenvalue weighted by atomic mass is 10.2. The molecule has 0 spiro atoms. The lowest BCUT2D eigenvalue weighted by molar-refractivity contribution is -0.138. The van der Waals surface area contributed by atoms with Crippen molar-refractivity contribution in [3.05, 3.63) is 11.1 Å². The highest BCUT2D eigenvalue weighted by atomic mass is 32.1. The van der Waals surface area contributed by atoms with Crippen LogP contribution >= 0.6 is 11.3 Å². The Hall–Kier alpha value is -1.18. The fourth-order valence-electron chi connectivity index (χ4n) is 1.60. The standard InChI is InChI=1S/C10H15N3O3S/c11-8(9(14)15)5-7-6-12-10(17-7)13-1-3-16-4-2-13/h6,8H,1-5,11H2,(H,14,15). The topological polar surface area (TPSA) is 88.7 Å². The largest absolute Gasteiger partial charge is 0.480 e. The summed E-state index contributed by atoms with van der Waals surface area (Å²) >= 11 is 1.50. The molecule has 17 heavy (non-hydrogen) atoms. The van der Waals surface area contributed by atoms with E-state index in [1.165, 1.54) is 11.3 Å². The van der Waals surface area contributed by atoms with Gasteiger partial charge in [-0.15, -0.1) is 11.3 Å². The zero-order chi connectivity index (χ0) is 12.3. The second kappa shape index (κ2) is 5.44. The average molecular weight is 257 g/mol. The van der Waals surface area contributed by atoms with Crippen molar-refractivity contribution in [2.75, 3.05) is 31.2 Å². The molecule has 3 N–H and O–H groups in total. The van der Waals surface area contributed by atoms with Crippen molar-refractivity contribution in [3.8, 4) is 0 Å². The number of nitrogens with zero attached hydrogens (tertiary/aromatic N) is 2. The Morgan fingerprint density at radius 2 is 2.35 bits per heavy atom. The molecule has 1 saturated heterocycles. The molecule has 0 bridgehead atoms. The molecule has 6 nitrogen and oxygen atoms in total. The molecule has 0 aliphatic carbocycles. The van der Waals surface area contributed by atoms with Crippen LogP contribution in [0.3, 0.4) is 0 Å². The van der Waals surface area contributed by atoms with Gasteiger partial charge in [0.05, 0.1) is 13.2 Å². The van der Waals surface area contributed by atoms with E-state index in [0.717, 1.165) is 23.1 Å². The fourth-order valence-corrected chi connectivity index (χ4v) is 2.62. The van der Waals surface area contributed by atoms with Gasteiger partial charge in [-0.05, 0) is 0 Å². The summed E-state index contributed by atoms with van der Waals surface area (Å²) in [5, 5.41) is 9.65. The van der Waals surface area contributed by atoms with Crippen LogP contribution in [0.25, 0.3) is 0 Å². The number of ether oxygens (including phenoxy) is 1. The van der Waals surface area contributed by atoms with Crippen LogP contribution in [0, 0.1) is 0 Å². The molecule has 0 aromatic carbocycles. The number of aromatic nitrogens is 1. The maximum Gasteiger partial charge on any atom is 0.320 e. The van der Waals surface area contributed by atoms with Gasteiger partial charge in [0.2, 0.25) is 0 Å². The first-order chi connectivity index (χ1) is 8.16. The van der Waals surface area contributed by atoms with Crippen molar-refractivity contribution >= 4 is 22.4 Å². The second-order valence-electron chi connectivity index (χ2n) is 3.86. The predicted octanol–water partition coefficient (Wildman–Crippen LogP) is -0.0659. The number of carbonyl (C=O) groups is 1. The Balaban J connectivity index is 1.97. The second-order valence-corrected chi connectivity index (χ2v) is 4.95. The molecule has 7 heteroatoms. The molecule has 0 radical (unpaired) electrons. The Morgan fingerprint density at radius 1 is 1.65 bits per heavy atom. The molecular formula is C10H15N3O3S. The summed E-state index contributed by atoms with van der Waals surface area (Å²) in [5.74, 6) is -0.980.